The third-order valence-corrected chi connectivity index (χ3v) is 2.68. The number of hydrogen-bond donors (Lipinski definition) is 4. The summed E-state index contributed by atoms with van der Waals surface area (Å²) in [6, 6.07) is 2.55. The van der Waals surface area contributed by atoms with Crippen LogP contribution in [0.2, 0.25) is 0 Å². The molecule has 0 atom stereocenters. The number of benzene rings is 1. The van der Waals surface area contributed by atoms with Crippen LogP contribution in [0, 0.1) is 6.92 Å². The van der Waals surface area contributed by atoms with Crippen molar-refractivity contribution in [2.45, 2.75) is 6.92 Å². The van der Waals surface area contributed by atoms with E-state index in [1.807, 2.05) is 0 Å². The van der Waals surface area contributed by atoms with E-state index < -0.39 is 5.63 Å². The van der Waals surface area contributed by atoms with Crippen LogP contribution in [-0.4, -0.2) is 23.3 Å². The summed E-state index contributed by atoms with van der Waals surface area (Å²) in [7, 11) is 0. The summed E-state index contributed by atoms with van der Waals surface area (Å²) in [5, 5.41) is 22.4. The molecule has 0 saturated carbocycles. The maximum atomic E-state index is 11.6. The van der Waals surface area contributed by atoms with E-state index in [0.717, 1.165) is 0 Å². The first-order valence-corrected chi connectivity index (χ1v) is 5.48. The topological polar surface area (TPSA) is 109 Å². The lowest BCUT2D eigenvalue weighted by Crippen LogP contribution is -2.16. The standard InChI is InChI=1S/C12H14N2O4/c1-6-11(14-3-2-13)7-4-8(15)9(16)5-10(7)18-12(6)17/h4-5,14-16H,2-3,13H2,1H3. The van der Waals surface area contributed by atoms with Crippen LogP contribution in [0.25, 0.3) is 11.0 Å². The molecule has 1 aromatic carbocycles. The predicted molar refractivity (Wildman–Crippen MR) is 68.1 cm³/mol. The quantitative estimate of drug-likeness (QED) is 0.475. The highest BCUT2D eigenvalue weighted by molar-refractivity contribution is 5.93. The van der Waals surface area contributed by atoms with Gasteiger partial charge in [0.2, 0.25) is 0 Å². The van der Waals surface area contributed by atoms with Crippen LogP contribution < -0.4 is 16.7 Å². The van der Waals surface area contributed by atoms with E-state index in [1.54, 1.807) is 6.92 Å². The zero-order valence-electron chi connectivity index (χ0n) is 9.86. The van der Waals surface area contributed by atoms with Gasteiger partial charge in [0.05, 0.1) is 11.3 Å². The lowest BCUT2D eigenvalue weighted by molar-refractivity contribution is 0.403. The molecular formula is C12H14N2O4. The Kier molecular flexibility index (Phi) is 3.12. The second-order valence-electron chi connectivity index (χ2n) is 3.94. The summed E-state index contributed by atoms with van der Waals surface area (Å²) in [6.45, 7) is 2.51. The van der Waals surface area contributed by atoms with E-state index >= 15 is 0 Å². The number of nitrogens with one attached hydrogen (secondary N) is 1. The first-order chi connectivity index (χ1) is 8.54. The number of anilines is 1. The van der Waals surface area contributed by atoms with E-state index in [2.05, 4.69) is 5.32 Å². The molecule has 0 aliphatic carbocycles. The molecule has 0 radical (unpaired) electrons. The van der Waals surface area contributed by atoms with Crippen molar-refractivity contribution in [3.8, 4) is 11.5 Å². The van der Waals surface area contributed by atoms with Crippen molar-refractivity contribution in [3.63, 3.8) is 0 Å². The lowest BCUT2D eigenvalue weighted by Gasteiger charge is -2.11. The molecule has 0 bridgehead atoms. The van der Waals surface area contributed by atoms with Crippen LogP contribution >= 0.6 is 0 Å². The van der Waals surface area contributed by atoms with Gasteiger partial charge in [-0.2, -0.15) is 0 Å². The van der Waals surface area contributed by atoms with Crippen molar-refractivity contribution in [3.05, 3.63) is 28.1 Å². The van der Waals surface area contributed by atoms with Crippen LogP contribution in [-0.2, 0) is 0 Å². The first-order valence-electron chi connectivity index (χ1n) is 5.48. The van der Waals surface area contributed by atoms with Gasteiger partial charge in [0.15, 0.2) is 11.5 Å². The molecule has 1 aromatic heterocycles. The molecule has 0 aliphatic rings. The minimum Gasteiger partial charge on any atom is -0.504 e. The maximum Gasteiger partial charge on any atom is 0.341 e. The zero-order chi connectivity index (χ0) is 13.3. The molecule has 0 fully saturated rings. The van der Waals surface area contributed by atoms with Crippen LogP contribution in [0.1, 0.15) is 5.56 Å². The molecule has 2 aromatic rings. The highest BCUT2D eigenvalue weighted by Gasteiger charge is 2.13. The van der Waals surface area contributed by atoms with Gasteiger partial charge in [-0.3, -0.25) is 0 Å². The van der Waals surface area contributed by atoms with Crippen molar-refractivity contribution < 1.29 is 14.6 Å². The first kappa shape index (κ1) is 12.3. The molecule has 96 valence electrons. The van der Waals surface area contributed by atoms with E-state index in [-0.39, 0.29) is 17.1 Å². The molecule has 0 aliphatic heterocycles. The molecule has 6 heteroatoms. The summed E-state index contributed by atoms with van der Waals surface area (Å²) in [5.74, 6) is -0.606. The summed E-state index contributed by atoms with van der Waals surface area (Å²) in [5.41, 5.74) is 6.09. The van der Waals surface area contributed by atoms with Gasteiger partial charge in [0.25, 0.3) is 0 Å². The molecule has 0 unspecified atom stereocenters. The Bertz CT molecular complexity index is 649. The molecule has 6 nitrogen and oxygen atoms in total. The Morgan fingerprint density at radius 2 is 2.00 bits per heavy atom. The average molecular weight is 250 g/mol. The monoisotopic (exact) mass is 250 g/mol. The fourth-order valence-electron chi connectivity index (χ4n) is 1.74. The predicted octanol–water partition coefficient (Wildman–Crippen LogP) is 0.883. The minimum atomic E-state index is -0.493. The molecule has 5 N–H and O–H groups in total. The van der Waals surface area contributed by atoms with Gasteiger partial charge in [-0.05, 0) is 13.0 Å². The maximum absolute atomic E-state index is 11.6. The van der Waals surface area contributed by atoms with Crippen LogP contribution in [0.4, 0.5) is 5.69 Å². The summed E-state index contributed by atoms with van der Waals surface area (Å²) in [4.78, 5) is 11.6. The Morgan fingerprint density at radius 1 is 1.33 bits per heavy atom. The lowest BCUT2D eigenvalue weighted by atomic mass is 10.1. The Morgan fingerprint density at radius 3 is 2.67 bits per heavy atom. The largest absolute Gasteiger partial charge is 0.504 e. The van der Waals surface area contributed by atoms with Gasteiger partial charge in [-0.1, -0.05) is 0 Å². The molecule has 0 amide bonds. The smallest absolute Gasteiger partial charge is 0.341 e. The van der Waals surface area contributed by atoms with E-state index in [4.69, 9.17) is 10.2 Å². The Balaban J connectivity index is 2.75. The highest BCUT2D eigenvalue weighted by atomic mass is 16.4. The number of nitrogens with two attached hydrogens (primary N) is 1. The number of phenols is 2. The van der Waals surface area contributed by atoms with Gasteiger partial charge >= 0.3 is 5.63 Å². The van der Waals surface area contributed by atoms with Gasteiger partial charge in [-0.15, -0.1) is 0 Å². The van der Waals surface area contributed by atoms with Crippen molar-refractivity contribution in [2.24, 2.45) is 5.73 Å². The molecule has 18 heavy (non-hydrogen) atoms. The summed E-state index contributed by atoms with van der Waals surface area (Å²) in [6.07, 6.45) is 0. The van der Waals surface area contributed by atoms with Gasteiger partial charge in [-0.25, -0.2) is 4.79 Å². The Labute approximate surface area is 103 Å². The molecular weight excluding hydrogens is 236 g/mol. The number of aromatic hydroxyl groups is 2. The second kappa shape index (κ2) is 4.58. The molecule has 1 heterocycles. The van der Waals surface area contributed by atoms with Gasteiger partial charge < -0.3 is 25.7 Å². The fraction of sp³-hybridized carbons (Fsp3) is 0.250. The van der Waals surface area contributed by atoms with Crippen LogP contribution in [0.3, 0.4) is 0 Å². The van der Waals surface area contributed by atoms with Crippen molar-refractivity contribution in [1.82, 2.24) is 0 Å². The van der Waals surface area contributed by atoms with E-state index in [9.17, 15) is 15.0 Å². The molecule has 0 spiro atoms. The van der Waals surface area contributed by atoms with Crippen molar-refractivity contribution >= 4 is 16.7 Å². The molecule has 0 saturated heterocycles. The van der Waals surface area contributed by atoms with Crippen LogP contribution in [0.5, 0.6) is 11.5 Å². The van der Waals surface area contributed by atoms with E-state index in [1.165, 1.54) is 12.1 Å². The fourth-order valence-corrected chi connectivity index (χ4v) is 1.74. The average Bonchev–Trinajstić information content (AvgIpc) is 2.33. The SMILES string of the molecule is Cc1c(NCCN)c2cc(O)c(O)cc2oc1=O. The number of phenolic OH excluding ortho intramolecular Hbond substituents is 2. The van der Waals surface area contributed by atoms with Crippen molar-refractivity contribution in [1.29, 1.82) is 0 Å². The number of fused-ring (bicyclic) bond motifs is 1. The van der Waals surface area contributed by atoms with Gasteiger partial charge in [0.1, 0.15) is 5.58 Å². The second-order valence-corrected chi connectivity index (χ2v) is 3.94. The van der Waals surface area contributed by atoms with Gasteiger partial charge in [0, 0.05) is 24.5 Å². The third kappa shape index (κ3) is 1.98. The zero-order valence-corrected chi connectivity index (χ0v) is 9.86. The van der Waals surface area contributed by atoms with Crippen LogP contribution in [0.15, 0.2) is 21.3 Å². The number of hydrogen-bond acceptors (Lipinski definition) is 6. The number of rotatable bonds is 3. The van der Waals surface area contributed by atoms with Crippen molar-refractivity contribution in [2.75, 3.05) is 18.4 Å². The minimum absolute atomic E-state index is 0.209. The third-order valence-electron chi connectivity index (χ3n) is 2.68. The normalized spacial score (nSPS) is 10.8. The molecule has 2 rings (SSSR count). The highest BCUT2D eigenvalue weighted by Crippen LogP contribution is 2.34. The Hall–Kier alpha value is -2.21. The van der Waals surface area contributed by atoms with E-state index in [0.29, 0.717) is 29.7 Å². The summed E-state index contributed by atoms with van der Waals surface area (Å²) >= 11 is 0. The summed E-state index contributed by atoms with van der Waals surface area (Å²) < 4.78 is 5.05.